The van der Waals surface area contributed by atoms with E-state index in [0.29, 0.717) is 16.6 Å². The van der Waals surface area contributed by atoms with E-state index in [2.05, 4.69) is 4.98 Å². The van der Waals surface area contributed by atoms with Crippen LogP contribution in [0.3, 0.4) is 0 Å². The molecular formula is C13H13ClN2O. The fourth-order valence-electron chi connectivity index (χ4n) is 1.71. The van der Waals surface area contributed by atoms with Crippen LogP contribution in [0.4, 0.5) is 5.82 Å². The molecule has 1 aromatic heterocycles. The Morgan fingerprint density at radius 1 is 1.29 bits per heavy atom. The highest BCUT2D eigenvalue weighted by atomic mass is 35.5. The quantitative estimate of drug-likeness (QED) is 0.887. The molecule has 4 heteroatoms. The highest BCUT2D eigenvalue weighted by molar-refractivity contribution is 6.32. The summed E-state index contributed by atoms with van der Waals surface area (Å²) in [4.78, 5) is 4.10. The topological polar surface area (TPSA) is 48.1 Å². The minimum absolute atomic E-state index is 0.521. The van der Waals surface area contributed by atoms with Crippen LogP contribution in [-0.4, -0.2) is 12.1 Å². The lowest BCUT2D eigenvalue weighted by atomic mass is 10.0. The van der Waals surface area contributed by atoms with Crippen molar-refractivity contribution in [2.24, 2.45) is 0 Å². The summed E-state index contributed by atoms with van der Waals surface area (Å²) in [5.41, 5.74) is 8.73. The first-order valence-electron chi connectivity index (χ1n) is 5.18. The van der Waals surface area contributed by atoms with Gasteiger partial charge in [0.15, 0.2) is 0 Å². The number of nitrogens with zero attached hydrogens (tertiary/aromatic N) is 1. The molecule has 0 aliphatic rings. The van der Waals surface area contributed by atoms with Crippen LogP contribution in [0.5, 0.6) is 5.75 Å². The summed E-state index contributed by atoms with van der Waals surface area (Å²) in [6.07, 6.45) is 1.76. The van der Waals surface area contributed by atoms with Crippen LogP contribution >= 0.6 is 11.6 Å². The molecule has 2 rings (SSSR count). The molecule has 0 amide bonds. The number of aromatic nitrogens is 1. The molecule has 0 aliphatic heterocycles. The van der Waals surface area contributed by atoms with Gasteiger partial charge in [-0.1, -0.05) is 17.7 Å². The monoisotopic (exact) mass is 248 g/mol. The molecule has 0 saturated heterocycles. The van der Waals surface area contributed by atoms with Gasteiger partial charge in [0, 0.05) is 11.8 Å². The van der Waals surface area contributed by atoms with Crippen molar-refractivity contribution in [1.29, 1.82) is 0 Å². The van der Waals surface area contributed by atoms with E-state index in [0.717, 1.165) is 16.7 Å². The summed E-state index contributed by atoms with van der Waals surface area (Å²) in [6.45, 7) is 1.99. The molecule has 0 atom stereocenters. The van der Waals surface area contributed by atoms with E-state index in [1.54, 1.807) is 13.3 Å². The van der Waals surface area contributed by atoms with Crippen molar-refractivity contribution in [2.75, 3.05) is 12.8 Å². The Morgan fingerprint density at radius 2 is 2.06 bits per heavy atom. The summed E-state index contributed by atoms with van der Waals surface area (Å²) in [5.74, 6) is 1.17. The summed E-state index contributed by atoms with van der Waals surface area (Å²) in [5, 5.41) is 0.595. The second-order valence-corrected chi connectivity index (χ2v) is 4.18. The summed E-state index contributed by atoms with van der Waals surface area (Å²) in [6, 6.07) is 7.48. The Balaban J connectivity index is 2.53. The van der Waals surface area contributed by atoms with Gasteiger partial charge in [0.05, 0.1) is 12.1 Å². The van der Waals surface area contributed by atoms with E-state index in [-0.39, 0.29) is 0 Å². The van der Waals surface area contributed by atoms with Crippen LogP contribution in [0, 0.1) is 6.92 Å². The molecule has 0 fully saturated rings. The number of pyridine rings is 1. The average molecular weight is 249 g/mol. The number of halogens is 1. The van der Waals surface area contributed by atoms with Crippen molar-refractivity contribution in [3.63, 3.8) is 0 Å². The highest BCUT2D eigenvalue weighted by Crippen LogP contribution is 2.31. The molecule has 1 aromatic carbocycles. The third-order valence-corrected chi connectivity index (χ3v) is 2.91. The Bertz CT molecular complexity index is 555. The lowest BCUT2D eigenvalue weighted by Crippen LogP contribution is -1.93. The number of hydrogen-bond donors (Lipinski definition) is 1. The van der Waals surface area contributed by atoms with E-state index in [1.165, 1.54) is 0 Å². The molecule has 0 saturated carbocycles. The number of anilines is 1. The summed E-state index contributed by atoms with van der Waals surface area (Å²) in [7, 11) is 1.60. The lowest BCUT2D eigenvalue weighted by molar-refractivity contribution is 0.415. The number of nitrogen functional groups attached to an aromatic ring is 1. The number of rotatable bonds is 2. The fourth-order valence-corrected chi connectivity index (χ4v) is 1.90. The Hall–Kier alpha value is -1.74. The Morgan fingerprint density at radius 3 is 2.71 bits per heavy atom. The molecule has 17 heavy (non-hydrogen) atoms. The minimum atomic E-state index is 0.521. The van der Waals surface area contributed by atoms with Crippen molar-refractivity contribution in [1.82, 2.24) is 4.98 Å². The maximum Gasteiger partial charge on any atom is 0.138 e. The van der Waals surface area contributed by atoms with Gasteiger partial charge in [0.2, 0.25) is 0 Å². The minimum Gasteiger partial charge on any atom is -0.495 e. The fraction of sp³-hybridized carbons (Fsp3) is 0.154. The SMILES string of the molecule is COc1cc(-c2cnc(N)cc2C)ccc1Cl. The van der Waals surface area contributed by atoms with Crippen LogP contribution in [0.15, 0.2) is 30.5 Å². The number of benzene rings is 1. The van der Waals surface area contributed by atoms with E-state index in [4.69, 9.17) is 22.1 Å². The van der Waals surface area contributed by atoms with Gasteiger partial charge >= 0.3 is 0 Å². The highest BCUT2D eigenvalue weighted by Gasteiger charge is 2.07. The first-order chi connectivity index (χ1) is 8.11. The number of ether oxygens (including phenoxy) is 1. The first kappa shape index (κ1) is 11.7. The van der Waals surface area contributed by atoms with E-state index < -0.39 is 0 Å². The van der Waals surface area contributed by atoms with Gasteiger partial charge in [-0.05, 0) is 36.2 Å². The largest absolute Gasteiger partial charge is 0.495 e. The molecular weight excluding hydrogens is 236 g/mol. The molecule has 88 valence electrons. The second kappa shape index (κ2) is 4.63. The third-order valence-electron chi connectivity index (χ3n) is 2.59. The number of hydrogen-bond acceptors (Lipinski definition) is 3. The number of aryl methyl sites for hydroxylation is 1. The smallest absolute Gasteiger partial charge is 0.138 e. The molecule has 2 aromatic rings. The molecule has 0 bridgehead atoms. The Labute approximate surface area is 105 Å². The second-order valence-electron chi connectivity index (χ2n) is 3.77. The zero-order valence-corrected chi connectivity index (χ0v) is 10.5. The van der Waals surface area contributed by atoms with Gasteiger partial charge in [-0.2, -0.15) is 0 Å². The summed E-state index contributed by atoms with van der Waals surface area (Å²) >= 11 is 5.99. The predicted molar refractivity (Wildman–Crippen MR) is 70.4 cm³/mol. The first-order valence-corrected chi connectivity index (χ1v) is 5.55. The summed E-state index contributed by atoms with van der Waals surface area (Å²) < 4.78 is 5.19. The molecule has 3 nitrogen and oxygen atoms in total. The van der Waals surface area contributed by atoms with Crippen molar-refractivity contribution >= 4 is 17.4 Å². The van der Waals surface area contributed by atoms with Crippen LogP contribution in [0.25, 0.3) is 11.1 Å². The molecule has 0 aliphatic carbocycles. The Kier molecular flexibility index (Phi) is 3.20. The maximum atomic E-state index is 5.99. The van der Waals surface area contributed by atoms with E-state index >= 15 is 0 Å². The van der Waals surface area contributed by atoms with Gasteiger partial charge in [-0.25, -0.2) is 4.98 Å². The van der Waals surface area contributed by atoms with Crippen LogP contribution in [0.1, 0.15) is 5.56 Å². The third kappa shape index (κ3) is 2.34. The van der Waals surface area contributed by atoms with Crippen molar-refractivity contribution < 1.29 is 4.74 Å². The zero-order chi connectivity index (χ0) is 12.4. The van der Waals surface area contributed by atoms with Crippen LogP contribution in [0.2, 0.25) is 5.02 Å². The van der Waals surface area contributed by atoms with Gasteiger partial charge < -0.3 is 10.5 Å². The lowest BCUT2D eigenvalue weighted by Gasteiger charge is -2.09. The molecule has 0 spiro atoms. The molecule has 2 N–H and O–H groups in total. The van der Waals surface area contributed by atoms with Gasteiger partial charge in [0.1, 0.15) is 11.6 Å². The molecule has 0 unspecified atom stereocenters. The van der Waals surface area contributed by atoms with Gasteiger partial charge in [-0.3, -0.25) is 0 Å². The normalized spacial score (nSPS) is 10.3. The maximum absolute atomic E-state index is 5.99. The zero-order valence-electron chi connectivity index (χ0n) is 9.70. The van der Waals surface area contributed by atoms with Crippen molar-refractivity contribution in [2.45, 2.75) is 6.92 Å². The number of nitrogens with two attached hydrogens (primary N) is 1. The van der Waals surface area contributed by atoms with Crippen molar-refractivity contribution in [3.8, 4) is 16.9 Å². The van der Waals surface area contributed by atoms with E-state index in [9.17, 15) is 0 Å². The average Bonchev–Trinajstić information content (AvgIpc) is 2.30. The predicted octanol–water partition coefficient (Wildman–Crippen LogP) is 3.30. The van der Waals surface area contributed by atoms with Crippen LogP contribution < -0.4 is 10.5 Å². The van der Waals surface area contributed by atoms with Crippen molar-refractivity contribution in [3.05, 3.63) is 41.0 Å². The number of methoxy groups -OCH3 is 1. The van der Waals surface area contributed by atoms with Gasteiger partial charge in [0.25, 0.3) is 0 Å². The van der Waals surface area contributed by atoms with Gasteiger partial charge in [-0.15, -0.1) is 0 Å². The van der Waals surface area contributed by atoms with E-state index in [1.807, 2.05) is 31.2 Å². The van der Waals surface area contributed by atoms with Crippen LogP contribution in [-0.2, 0) is 0 Å². The molecule has 1 heterocycles. The molecule has 0 radical (unpaired) electrons. The standard InChI is InChI=1S/C13H13ClN2O/c1-8-5-13(15)16-7-10(8)9-3-4-11(14)12(6-9)17-2/h3-7H,1-2H3,(H2,15,16).